The number of nitrogens with one attached hydrogen (secondary N) is 3. The van der Waals surface area contributed by atoms with Crippen LogP contribution in [-0.2, 0) is 23.9 Å². The lowest BCUT2D eigenvalue weighted by Gasteiger charge is -2.34. The third-order valence-electron chi connectivity index (χ3n) is 7.58. The second kappa shape index (κ2) is 10.8. The average Bonchev–Trinajstić information content (AvgIpc) is 3.78. The van der Waals surface area contributed by atoms with E-state index >= 15 is 0 Å². The van der Waals surface area contributed by atoms with Crippen LogP contribution >= 0.6 is 0 Å². The van der Waals surface area contributed by atoms with Crippen LogP contribution in [-0.4, -0.2) is 52.4 Å². The van der Waals surface area contributed by atoms with Gasteiger partial charge in [-0.3, -0.25) is 29.2 Å². The Kier molecular flexibility index (Phi) is 7.46. The number of aromatic nitrogens is 1. The summed E-state index contributed by atoms with van der Waals surface area (Å²) in [6.45, 7) is 9.42. The first kappa shape index (κ1) is 27.5. The van der Waals surface area contributed by atoms with Crippen LogP contribution in [0.5, 0.6) is 0 Å². The number of esters is 1. The van der Waals surface area contributed by atoms with Crippen LogP contribution in [0.25, 0.3) is 17.0 Å². The number of carbonyl (C=O) groups excluding carboxylic acids is 4. The van der Waals surface area contributed by atoms with Crippen LogP contribution in [0.15, 0.2) is 48.7 Å². The average molecular weight is 546 g/mol. The highest BCUT2D eigenvalue weighted by Gasteiger charge is 2.42. The number of rotatable bonds is 1. The number of ether oxygens (including phenoxy) is 1. The molecule has 10 nitrogen and oxygen atoms in total. The Morgan fingerprint density at radius 2 is 1.80 bits per heavy atom. The number of benzene rings is 1. The van der Waals surface area contributed by atoms with Crippen molar-refractivity contribution in [2.24, 2.45) is 11.3 Å². The Morgan fingerprint density at radius 3 is 2.55 bits per heavy atom. The van der Waals surface area contributed by atoms with Crippen LogP contribution in [0.3, 0.4) is 0 Å². The fourth-order valence-corrected chi connectivity index (χ4v) is 4.84. The van der Waals surface area contributed by atoms with Crippen molar-refractivity contribution in [1.29, 1.82) is 0 Å². The van der Waals surface area contributed by atoms with Gasteiger partial charge in [0.1, 0.15) is 11.7 Å². The predicted octanol–water partition coefficient (Wildman–Crippen LogP) is 2.91. The van der Waals surface area contributed by atoms with Crippen molar-refractivity contribution in [2.45, 2.75) is 64.6 Å². The second-order valence-electron chi connectivity index (χ2n) is 11.4. The zero-order valence-electron chi connectivity index (χ0n) is 23.0. The highest BCUT2D eigenvalue weighted by Crippen LogP contribution is 2.36. The van der Waals surface area contributed by atoms with Crippen molar-refractivity contribution >= 4 is 40.7 Å². The van der Waals surface area contributed by atoms with Gasteiger partial charge in [0, 0.05) is 17.8 Å². The molecule has 0 spiro atoms. The number of pyridine rings is 1. The summed E-state index contributed by atoms with van der Waals surface area (Å²) in [5.74, 6) is -2.06. The number of cyclic esters (lactones) is 1. The first-order valence-electron chi connectivity index (χ1n) is 13.7. The minimum Gasteiger partial charge on any atom is -0.451 e. The standard InChI is InChI=1S/C30H35N5O5/c1-17-22-12-11-20-8-7-19(16-24(20)33-22)13-14-30(3,4)29(39)40-25(21-9-10-21)27(37)32-18(2)28(38)35-15-5-6-23(34-35)26(36)31-17/h7-8,11-14,16-17,21,23,25,34H,2,5-6,9-10,15H2,1,3-4H3,(H,31,36)(H,32,37)/b14-13+/t17-,23+,25+/m1/s1. The molecule has 3 aliphatic rings. The number of nitrogens with zero attached hydrogens (tertiary/aromatic N) is 2. The van der Waals surface area contributed by atoms with Crippen LogP contribution in [0.1, 0.15) is 63.8 Å². The van der Waals surface area contributed by atoms with E-state index in [1.165, 1.54) is 5.01 Å². The van der Waals surface area contributed by atoms with E-state index in [-0.39, 0.29) is 23.6 Å². The third kappa shape index (κ3) is 5.91. The van der Waals surface area contributed by atoms with E-state index < -0.39 is 35.3 Å². The van der Waals surface area contributed by atoms with E-state index in [1.807, 2.05) is 43.3 Å². The number of carbonyl (C=O) groups is 4. The number of hydrogen-bond acceptors (Lipinski definition) is 7. The molecule has 210 valence electrons. The van der Waals surface area contributed by atoms with Gasteiger partial charge in [-0.1, -0.05) is 36.9 Å². The third-order valence-corrected chi connectivity index (χ3v) is 7.58. The van der Waals surface area contributed by atoms with Crippen molar-refractivity contribution in [3.63, 3.8) is 0 Å². The van der Waals surface area contributed by atoms with Gasteiger partial charge >= 0.3 is 5.97 Å². The minimum absolute atomic E-state index is 0.114. The van der Waals surface area contributed by atoms with E-state index in [9.17, 15) is 19.2 Å². The number of amides is 3. The number of hydrogen-bond donors (Lipinski definition) is 3. The fraction of sp³-hybridized carbons (Fsp3) is 0.433. The summed E-state index contributed by atoms with van der Waals surface area (Å²) < 4.78 is 5.72. The zero-order chi connectivity index (χ0) is 28.6. The largest absolute Gasteiger partial charge is 0.451 e. The lowest BCUT2D eigenvalue weighted by molar-refractivity contribution is -0.163. The van der Waals surface area contributed by atoms with Gasteiger partial charge < -0.3 is 15.4 Å². The molecular weight excluding hydrogens is 510 g/mol. The number of hydrazine groups is 1. The van der Waals surface area contributed by atoms with Gasteiger partial charge in [0.2, 0.25) is 5.91 Å². The van der Waals surface area contributed by atoms with Crippen molar-refractivity contribution < 1.29 is 23.9 Å². The molecule has 0 radical (unpaired) electrons. The SMILES string of the molecule is C=C1NC(=O)[C@H](C2CC2)OC(=O)C(C)(C)/C=C/c2ccc3ccc(nc3c2)[C@@H](C)NC(=O)[C@@H]2CCCN(N2)C1=O. The molecule has 3 amide bonds. The van der Waals surface area contributed by atoms with Crippen LogP contribution in [0.4, 0.5) is 0 Å². The Hall–Kier alpha value is -4.05. The monoisotopic (exact) mass is 545 g/mol. The van der Waals surface area contributed by atoms with Crippen LogP contribution < -0.4 is 16.1 Å². The van der Waals surface area contributed by atoms with Crippen molar-refractivity contribution in [1.82, 2.24) is 26.1 Å². The Morgan fingerprint density at radius 1 is 1.05 bits per heavy atom. The molecular formula is C30H35N5O5. The Balaban J connectivity index is 1.48. The Labute approximate surface area is 233 Å². The number of fused-ring (bicyclic) bond motifs is 4. The van der Waals surface area contributed by atoms with Gasteiger partial charge in [-0.05, 0) is 64.2 Å². The summed E-state index contributed by atoms with van der Waals surface area (Å²) in [6, 6.07) is 8.63. The van der Waals surface area contributed by atoms with E-state index in [4.69, 9.17) is 9.72 Å². The maximum Gasteiger partial charge on any atom is 0.316 e. The molecule has 10 heteroatoms. The highest BCUT2D eigenvalue weighted by molar-refractivity contribution is 5.98. The van der Waals surface area contributed by atoms with E-state index in [0.717, 1.165) is 29.3 Å². The van der Waals surface area contributed by atoms with Gasteiger partial charge in [0.15, 0.2) is 6.10 Å². The zero-order valence-corrected chi connectivity index (χ0v) is 23.0. The lowest BCUT2D eigenvalue weighted by atomic mass is 9.92. The molecule has 3 atom stereocenters. The van der Waals surface area contributed by atoms with Gasteiger partial charge in [0.05, 0.1) is 22.7 Å². The summed E-state index contributed by atoms with van der Waals surface area (Å²) in [7, 11) is 0. The lowest BCUT2D eigenvalue weighted by Crippen LogP contribution is -2.58. The molecule has 3 heterocycles. The molecule has 1 aromatic carbocycles. The molecule has 2 aliphatic heterocycles. The van der Waals surface area contributed by atoms with Gasteiger partial charge in [-0.2, -0.15) is 0 Å². The molecule has 40 heavy (non-hydrogen) atoms. The van der Waals surface area contributed by atoms with Gasteiger partial charge in [-0.25, -0.2) is 5.43 Å². The smallest absolute Gasteiger partial charge is 0.316 e. The molecule has 2 aromatic rings. The maximum absolute atomic E-state index is 13.2. The summed E-state index contributed by atoms with van der Waals surface area (Å²) >= 11 is 0. The summed E-state index contributed by atoms with van der Waals surface area (Å²) in [6.07, 6.45) is 5.17. The topological polar surface area (TPSA) is 130 Å². The van der Waals surface area contributed by atoms with Crippen molar-refractivity contribution in [3.05, 3.63) is 59.9 Å². The first-order chi connectivity index (χ1) is 19.0. The normalized spacial score (nSPS) is 27.1. The van der Waals surface area contributed by atoms with Crippen LogP contribution in [0.2, 0.25) is 0 Å². The van der Waals surface area contributed by atoms with E-state index in [2.05, 4.69) is 22.6 Å². The second-order valence-corrected chi connectivity index (χ2v) is 11.4. The summed E-state index contributed by atoms with van der Waals surface area (Å²) in [5.41, 5.74) is 4.09. The molecule has 5 rings (SSSR count). The van der Waals surface area contributed by atoms with Crippen LogP contribution in [0, 0.1) is 11.3 Å². The van der Waals surface area contributed by atoms with Crippen molar-refractivity contribution in [3.8, 4) is 0 Å². The molecule has 0 unspecified atom stereocenters. The summed E-state index contributed by atoms with van der Waals surface area (Å²) in [4.78, 5) is 57.3. The minimum atomic E-state index is -1.03. The fourth-order valence-electron chi connectivity index (χ4n) is 4.84. The first-order valence-corrected chi connectivity index (χ1v) is 13.7. The molecule has 5 bridgehead atoms. The van der Waals surface area contributed by atoms with E-state index in [0.29, 0.717) is 25.1 Å². The van der Waals surface area contributed by atoms with Gasteiger partial charge in [0.25, 0.3) is 11.8 Å². The van der Waals surface area contributed by atoms with Gasteiger partial charge in [-0.15, -0.1) is 0 Å². The molecule has 1 saturated carbocycles. The maximum atomic E-state index is 13.2. The molecule has 1 aliphatic carbocycles. The summed E-state index contributed by atoms with van der Waals surface area (Å²) in [5, 5.41) is 7.78. The molecule has 1 saturated heterocycles. The van der Waals surface area contributed by atoms with Crippen molar-refractivity contribution in [2.75, 3.05) is 6.54 Å². The quantitative estimate of drug-likeness (QED) is 0.371. The predicted molar refractivity (Wildman–Crippen MR) is 149 cm³/mol. The highest BCUT2D eigenvalue weighted by atomic mass is 16.6. The molecule has 3 N–H and O–H groups in total. The molecule has 1 aromatic heterocycles. The Bertz CT molecular complexity index is 1410. The van der Waals surface area contributed by atoms with E-state index in [1.54, 1.807) is 19.9 Å². The molecule has 2 fully saturated rings.